The fourth-order valence-corrected chi connectivity index (χ4v) is 1.43. The highest BCUT2D eigenvalue weighted by Gasteiger charge is 2.14. The largest absolute Gasteiger partial charge is 0.457 e. The first-order valence-electron chi connectivity index (χ1n) is 5.50. The van der Waals surface area contributed by atoms with Crippen LogP contribution in [0.25, 0.3) is 0 Å². The molecule has 1 aromatic rings. The average molecular weight is 299 g/mol. The van der Waals surface area contributed by atoms with Crippen molar-refractivity contribution in [3.05, 3.63) is 34.3 Å². The van der Waals surface area contributed by atoms with Gasteiger partial charge < -0.3 is 4.74 Å². The van der Waals surface area contributed by atoms with E-state index in [-0.39, 0.29) is 24.3 Å². The van der Waals surface area contributed by atoms with Gasteiger partial charge in [0.1, 0.15) is 0 Å². The maximum absolute atomic E-state index is 11.7. The first kappa shape index (κ1) is 13.9. The van der Waals surface area contributed by atoms with Crippen LogP contribution < -0.4 is 0 Å². The summed E-state index contributed by atoms with van der Waals surface area (Å²) in [6, 6.07) is 6.96. The SMILES string of the molecule is CCC(C)C(=O)OCC(=O)c1ccc(Br)cc1. The van der Waals surface area contributed by atoms with Crippen molar-refractivity contribution in [3.63, 3.8) is 0 Å². The van der Waals surface area contributed by atoms with Gasteiger partial charge in [0.15, 0.2) is 12.4 Å². The van der Waals surface area contributed by atoms with Gasteiger partial charge in [-0.1, -0.05) is 41.9 Å². The molecule has 0 fully saturated rings. The van der Waals surface area contributed by atoms with Crippen molar-refractivity contribution in [1.29, 1.82) is 0 Å². The van der Waals surface area contributed by atoms with Crippen molar-refractivity contribution in [3.8, 4) is 0 Å². The van der Waals surface area contributed by atoms with E-state index in [1.165, 1.54) is 0 Å². The van der Waals surface area contributed by atoms with Gasteiger partial charge in [-0.2, -0.15) is 0 Å². The summed E-state index contributed by atoms with van der Waals surface area (Å²) in [6.07, 6.45) is 0.714. The minimum atomic E-state index is -0.321. The number of hydrogen-bond donors (Lipinski definition) is 0. The zero-order valence-electron chi connectivity index (χ0n) is 9.90. The number of carbonyl (C=O) groups is 2. The van der Waals surface area contributed by atoms with Gasteiger partial charge in [-0.3, -0.25) is 9.59 Å². The smallest absolute Gasteiger partial charge is 0.309 e. The number of benzene rings is 1. The molecular formula is C13H15BrO3. The maximum Gasteiger partial charge on any atom is 0.309 e. The predicted octanol–water partition coefficient (Wildman–Crippen LogP) is 3.22. The third-order valence-corrected chi connectivity index (χ3v) is 3.06. The molecule has 1 rings (SSSR count). The zero-order chi connectivity index (χ0) is 12.8. The molecule has 17 heavy (non-hydrogen) atoms. The Morgan fingerprint density at radius 3 is 2.41 bits per heavy atom. The number of ether oxygens (including phenoxy) is 1. The Balaban J connectivity index is 2.50. The average Bonchev–Trinajstić information content (AvgIpc) is 2.35. The van der Waals surface area contributed by atoms with Crippen molar-refractivity contribution in [2.24, 2.45) is 5.92 Å². The number of rotatable bonds is 5. The molecule has 0 amide bonds. The summed E-state index contributed by atoms with van der Waals surface area (Å²) in [4.78, 5) is 23.1. The Morgan fingerprint density at radius 1 is 1.29 bits per heavy atom. The highest BCUT2D eigenvalue weighted by molar-refractivity contribution is 9.10. The second kappa shape index (κ2) is 6.55. The van der Waals surface area contributed by atoms with Gasteiger partial charge in [-0.05, 0) is 18.6 Å². The Bertz CT molecular complexity index is 398. The maximum atomic E-state index is 11.7. The second-order valence-corrected chi connectivity index (χ2v) is 4.76. The third kappa shape index (κ3) is 4.30. The molecule has 0 spiro atoms. The monoisotopic (exact) mass is 298 g/mol. The van der Waals surface area contributed by atoms with Gasteiger partial charge in [0.05, 0.1) is 5.92 Å². The van der Waals surface area contributed by atoms with Crippen molar-refractivity contribution in [2.75, 3.05) is 6.61 Å². The number of hydrogen-bond acceptors (Lipinski definition) is 3. The van der Waals surface area contributed by atoms with E-state index in [0.29, 0.717) is 12.0 Å². The number of esters is 1. The van der Waals surface area contributed by atoms with Crippen LogP contribution in [0.15, 0.2) is 28.7 Å². The molecule has 0 saturated carbocycles. The molecule has 0 aliphatic heterocycles. The van der Waals surface area contributed by atoms with Gasteiger partial charge in [-0.25, -0.2) is 0 Å². The number of Topliss-reactive ketones (excluding diaryl/α,β-unsaturated/α-hetero) is 1. The Kier molecular flexibility index (Phi) is 5.35. The number of halogens is 1. The van der Waals surface area contributed by atoms with Crippen LogP contribution in [0.2, 0.25) is 0 Å². The standard InChI is InChI=1S/C13H15BrO3/c1-3-9(2)13(16)17-8-12(15)10-4-6-11(14)7-5-10/h4-7,9H,3,8H2,1-2H3. The molecule has 1 aromatic carbocycles. The van der Waals surface area contributed by atoms with Crippen molar-refractivity contribution < 1.29 is 14.3 Å². The first-order valence-corrected chi connectivity index (χ1v) is 6.29. The number of carbonyl (C=O) groups excluding carboxylic acids is 2. The first-order chi connectivity index (χ1) is 8.04. The summed E-state index contributed by atoms with van der Waals surface area (Å²) in [7, 11) is 0. The molecule has 0 heterocycles. The summed E-state index contributed by atoms with van der Waals surface area (Å²) < 4.78 is 5.85. The van der Waals surface area contributed by atoms with E-state index in [2.05, 4.69) is 15.9 Å². The van der Waals surface area contributed by atoms with Gasteiger partial charge in [0.25, 0.3) is 0 Å². The lowest BCUT2D eigenvalue weighted by Crippen LogP contribution is -2.19. The zero-order valence-corrected chi connectivity index (χ0v) is 11.5. The Hall–Kier alpha value is -1.16. The van der Waals surface area contributed by atoms with Gasteiger partial charge in [0, 0.05) is 10.0 Å². The van der Waals surface area contributed by atoms with Crippen LogP contribution in [0.5, 0.6) is 0 Å². The van der Waals surface area contributed by atoms with Crippen LogP contribution in [0.4, 0.5) is 0 Å². The molecular weight excluding hydrogens is 284 g/mol. The molecule has 0 aliphatic carbocycles. The number of ketones is 1. The van der Waals surface area contributed by atoms with Crippen LogP contribution in [0.3, 0.4) is 0 Å². The topological polar surface area (TPSA) is 43.4 Å². The van der Waals surface area contributed by atoms with Crippen LogP contribution in [-0.4, -0.2) is 18.4 Å². The molecule has 0 saturated heterocycles. The lowest BCUT2D eigenvalue weighted by Gasteiger charge is -2.08. The summed E-state index contributed by atoms with van der Waals surface area (Å²) in [6.45, 7) is 3.50. The van der Waals surface area contributed by atoms with Crippen LogP contribution in [0, 0.1) is 5.92 Å². The summed E-state index contributed by atoms with van der Waals surface area (Å²) in [5.41, 5.74) is 0.546. The molecule has 92 valence electrons. The highest BCUT2D eigenvalue weighted by Crippen LogP contribution is 2.11. The van der Waals surface area contributed by atoms with Crippen LogP contribution >= 0.6 is 15.9 Å². The van der Waals surface area contributed by atoms with Crippen LogP contribution in [0.1, 0.15) is 30.6 Å². The summed E-state index contributed by atoms with van der Waals surface area (Å²) >= 11 is 3.29. The quantitative estimate of drug-likeness (QED) is 0.619. The molecule has 3 nitrogen and oxygen atoms in total. The molecule has 0 bridgehead atoms. The third-order valence-electron chi connectivity index (χ3n) is 2.53. The Labute approximate surface area is 109 Å². The van der Waals surface area contributed by atoms with E-state index in [9.17, 15) is 9.59 Å². The van der Waals surface area contributed by atoms with Gasteiger partial charge in [-0.15, -0.1) is 0 Å². The van der Waals surface area contributed by atoms with Crippen molar-refractivity contribution >= 4 is 27.7 Å². The van der Waals surface area contributed by atoms with Crippen molar-refractivity contribution in [1.82, 2.24) is 0 Å². The van der Waals surface area contributed by atoms with E-state index in [4.69, 9.17) is 4.74 Å². The van der Waals surface area contributed by atoms with E-state index < -0.39 is 0 Å². The summed E-state index contributed by atoms with van der Waals surface area (Å²) in [5.74, 6) is -0.667. The van der Waals surface area contributed by atoms with E-state index in [0.717, 1.165) is 4.47 Å². The minimum Gasteiger partial charge on any atom is -0.457 e. The minimum absolute atomic E-state index is 0.160. The lowest BCUT2D eigenvalue weighted by molar-refractivity contribution is -0.146. The molecule has 1 atom stereocenters. The van der Waals surface area contributed by atoms with Gasteiger partial charge in [0.2, 0.25) is 0 Å². The van der Waals surface area contributed by atoms with Crippen molar-refractivity contribution in [2.45, 2.75) is 20.3 Å². The van der Waals surface area contributed by atoms with E-state index >= 15 is 0 Å². The lowest BCUT2D eigenvalue weighted by atomic mass is 10.1. The fraction of sp³-hybridized carbons (Fsp3) is 0.385. The molecule has 0 N–H and O–H groups in total. The molecule has 0 radical (unpaired) electrons. The predicted molar refractivity (Wildman–Crippen MR) is 68.9 cm³/mol. The van der Waals surface area contributed by atoms with E-state index in [1.807, 2.05) is 6.92 Å². The highest BCUT2D eigenvalue weighted by atomic mass is 79.9. The molecule has 4 heteroatoms. The van der Waals surface area contributed by atoms with Gasteiger partial charge >= 0.3 is 5.97 Å². The van der Waals surface area contributed by atoms with E-state index in [1.54, 1.807) is 31.2 Å². The second-order valence-electron chi connectivity index (χ2n) is 3.85. The fourth-order valence-electron chi connectivity index (χ4n) is 1.16. The normalized spacial score (nSPS) is 11.9. The molecule has 0 aromatic heterocycles. The van der Waals surface area contributed by atoms with Crippen LogP contribution in [-0.2, 0) is 9.53 Å². The molecule has 0 aliphatic rings. The Morgan fingerprint density at radius 2 is 1.88 bits per heavy atom. The molecule has 1 unspecified atom stereocenters. The summed E-state index contributed by atoms with van der Waals surface area (Å²) in [5, 5.41) is 0.